The van der Waals surface area contributed by atoms with E-state index in [1.165, 1.54) is 0 Å². The molecule has 3 aromatic heterocycles. The third-order valence-electron chi connectivity index (χ3n) is 3.85. The Morgan fingerprint density at radius 1 is 0.739 bits per heavy atom. The van der Waals surface area contributed by atoms with Gasteiger partial charge in [-0.1, -0.05) is 18.2 Å². The van der Waals surface area contributed by atoms with Gasteiger partial charge < -0.3 is 0 Å². The lowest BCUT2D eigenvalue weighted by atomic mass is 10.1. The van der Waals surface area contributed by atoms with Crippen LogP contribution in [0.3, 0.4) is 0 Å². The average Bonchev–Trinajstić information content (AvgIpc) is 2.63. The summed E-state index contributed by atoms with van der Waals surface area (Å²) in [5.74, 6) is 0. The summed E-state index contributed by atoms with van der Waals surface area (Å²) < 4.78 is 0. The molecule has 0 aliphatic heterocycles. The molecule has 0 saturated heterocycles. The van der Waals surface area contributed by atoms with Crippen LogP contribution in [0, 0.1) is 0 Å². The van der Waals surface area contributed by atoms with Crippen LogP contribution in [0.4, 0.5) is 0 Å². The van der Waals surface area contributed by atoms with Crippen LogP contribution in [0.25, 0.3) is 0 Å². The van der Waals surface area contributed by atoms with Crippen LogP contribution in [0.5, 0.6) is 0 Å². The molecule has 0 spiro atoms. The second-order valence-corrected chi connectivity index (χ2v) is 5.48. The smallest absolute Gasteiger partial charge is 0.0572 e. The SMILES string of the molecule is CC(c1ccccn1)N(Cc1ccccn1)Cc1ccccn1. The van der Waals surface area contributed by atoms with Crippen LogP contribution >= 0.6 is 0 Å². The summed E-state index contributed by atoms with van der Waals surface area (Å²) in [7, 11) is 0. The quantitative estimate of drug-likeness (QED) is 0.697. The Balaban J connectivity index is 1.83. The van der Waals surface area contributed by atoms with Gasteiger partial charge >= 0.3 is 0 Å². The molecule has 4 heteroatoms. The Bertz CT molecular complexity index is 660. The maximum absolute atomic E-state index is 4.50. The fourth-order valence-electron chi connectivity index (χ4n) is 2.54. The van der Waals surface area contributed by atoms with Crippen molar-refractivity contribution in [1.29, 1.82) is 0 Å². The lowest BCUT2D eigenvalue weighted by Crippen LogP contribution is -2.27. The Labute approximate surface area is 136 Å². The summed E-state index contributed by atoms with van der Waals surface area (Å²) in [4.78, 5) is 15.7. The lowest BCUT2D eigenvalue weighted by Gasteiger charge is -2.28. The van der Waals surface area contributed by atoms with Crippen molar-refractivity contribution >= 4 is 0 Å². The van der Waals surface area contributed by atoms with Gasteiger partial charge in [0.25, 0.3) is 0 Å². The van der Waals surface area contributed by atoms with Gasteiger partial charge in [0.2, 0.25) is 0 Å². The van der Waals surface area contributed by atoms with Crippen molar-refractivity contribution in [3.05, 3.63) is 90.3 Å². The van der Waals surface area contributed by atoms with Crippen LogP contribution in [0.15, 0.2) is 73.2 Å². The van der Waals surface area contributed by atoms with Gasteiger partial charge in [-0.3, -0.25) is 19.9 Å². The molecule has 0 bridgehead atoms. The number of hydrogen-bond donors (Lipinski definition) is 0. The Morgan fingerprint density at radius 3 is 1.70 bits per heavy atom. The summed E-state index contributed by atoms with van der Waals surface area (Å²) in [5.41, 5.74) is 3.15. The zero-order chi connectivity index (χ0) is 15.9. The van der Waals surface area contributed by atoms with Crippen molar-refractivity contribution < 1.29 is 0 Å². The third-order valence-corrected chi connectivity index (χ3v) is 3.85. The number of hydrogen-bond acceptors (Lipinski definition) is 4. The minimum Gasteiger partial charge on any atom is -0.283 e. The topological polar surface area (TPSA) is 41.9 Å². The molecule has 23 heavy (non-hydrogen) atoms. The first kappa shape index (κ1) is 15.3. The first-order valence-electron chi connectivity index (χ1n) is 7.78. The first-order valence-corrected chi connectivity index (χ1v) is 7.78. The predicted molar refractivity (Wildman–Crippen MR) is 90.4 cm³/mol. The summed E-state index contributed by atoms with van der Waals surface area (Å²) in [6.45, 7) is 3.69. The Morgan fingerprint density at radius 2 is 1.26 bits per heavy atom. The first-order chi connectivity index (χ1) is 11.3. The number of nitrogens with zero attached hydrogens (tertiary/aromatic N) is 4. The summed E-state index contributed by atoms with van der Waals surface area (Å²) in [5, 5.41) is 0. The minimum absolute atomic E-state index is 0.181. The average molecular weight is 304 g/mol. The van der Waals surface area contributed by atoms with E-state index < -0.39 is 0 Å². The minimum atomic E-state index is 0.181. The molecule has 0 radical (unpaired) electrons. The van der Waals surface area contributed by atoms with Crippen LogP contribution in [-0.4, -0.2) is 19.9 Å². The van der Waals surface area contributed by atoms with E-state index in [4.69, 9.17) is 0 Å². The number of pyridine rings is 3. The van der Waals surface area contributed by atoms with Gasteiger partial charge in [0.1, 0.15) is 0 Å². The standard InChI is InChI=1S/C19H20N4/c1-16(19-10-4-7-13-22-19)23(14-17-8-2-5-11-20-17)15-18-9-3-6-12-21-18/h2-13,16H,14-15H2,1H3. The molecule has 1 unspecified atom stereocenters. The van der Waals surface area contributed by atoms with Crippen LogP contribution in [-0.2, 0) is 13.1 Å². The molecule has 0 aromatic carbocycles. The van der Waals surface area contributed by atoms with Crippen LogP contribution in [0.2, 0.25) is 0 Å². The molecule has 0 amide bonds. The maximum atomic E-state index is 4.50. The molecule has 4 nitrogen and oxygen atoms in total. The van der Waals surface area contributed by atoms with Gasteiger partial charge in [0.05, 0.1) is 23.1 Å². The predicted octanol–water partition coefficient (Wildman–Crippen LogP) is 3.64. The monoisotopic (exact) mass is 304 g/mol. The highest BCUT2D eigenvalue weighted by Gasteiger charge is 2.18. The van der Waals surface area contributed by atoms with Crippen LogP contribution in [0.1, 0.15) is 30.0 Å². The molecule has 0 aliphatic rings. The van der Waals surface area contributed by atoms with Crippen LogP contribution < -0.4 is 0 Å². The number of aromatic nitrogens is 3. The van der Waals surface area contributed by atoms with E-state index >= 15 is 0 Å². The Kier molecular flexibility index (Phi) is 5.06. The van der Waals surface area contributed by atoms with E-state index in [-0.39, 0.29) is 6.04 Å². The fourth-order valence-corrected chi connectivity index (χ4v) is 2.54. The van der Waals surface area contributed by atoms with Gasteiger partial charge in [0.15, 0.2) is 0 Å². The second kappa shape index (κ2) is 7.61. The normalized spacial score (nSPS) is 12.3. The van der Waals surface area contributed by atoms with Crippen molar-refractivity contribution in [3.8, 4) is 0 Å². The fraction of sp³-hybridized carbons (Fsp3) is 0.211. The molecular formula is C19H20N4. The lowest BCUT2D eigenvalue weighted by molar-refractivity contribution is 0.184. The van der Waals surface area contributed by atoms with Gasteiger partial charge in [0, 0.05) is 31.7 Å². The van der Waals surface area contributed by atoms with E-state index in [1.54, 1.807) is 0 Å². The molecule has 3 rings (SSSR count). The molecule has 0 aliphatic carbocycles. The summed E-state index contributed by atoms with van der Waals surface area (Å²) >= 11 is 0. The number of rotatable bonds is 6. The van der Waals surface area contributed by atoms with Gasteiger partial charge in [-0.2, -0.15) is 0 Å². The molecular weight excluding hydrogens is 284 g/mol. The van der Waals surface area contributed by atoms with E-state index in [1.807, 2.05) is 55.0 Å². The molecule has 116 valence electrons. The maximum Gasteiger partial charge on any atom is 0.0572 e. The molecule has 0 saturated carbocycles. The molecule has 0 fully saturated rings. The molecule has 3 aromatic rings. The summed E-state index contributed by atoms with van der Waals surface area (Å²) in [6, 6.07) is 18.2. The van der Waals surface area contributed by atoms with Gasteiger partial charge in [-0.25, -0.2) is 0 Å². The van der Waals surface area contributed by atoms with E-state index in [0.29, 0.717) is 0 Å². The summed E-state index contributed by atoms with van der Waals surface area (Å²) in [6.07, 6.45) is 5.50. The molecule has 3 heterocycles. The zero-order valence-electron chi connectivity index (χ0n) is 13.2. The third kappa shape index (κ3) is 4.20. The van der Waals surface area contributed by atoms with E-state index in [9.17, 15) is 0 Å². The van der Waals surface area contributed by atoms with Crippen molar-refractivity contribution in [1.82, 2.24) is 19.9 Å². The van der Waals surface area contributed by atoms with Gasteiger partial charge in [-0.05, 0) is 43.3 Å². The highest BCUT2D eigenvalue weighted by molar-refractivity contribution is 5.11. The van der Waals surface area contributed by atoms with Gasteiger partial charge in [-0.15, -0.1) is 0 Å². The van der Waals surface area contributed by atoms with E-state index in [0.717, 1.165) is 30.2 Å². The highest BCUT2D eigenvalue weighted by atomic mass is 15.2. The van der Waals surface area contributed by atoms with Crippen molar-refractivity contribution in [2.45, 2.75) is 26.1 Å². The second-order valence-electron chi connectivity index (χ2n) is 5.48. The Hall–Kier alpha value is -2.59. The molecule has 0 N–H and O–H groups in total. The van der Waals surface area contributed by atoms with Crippen molar-refractivity contribution in [2.75, 3.05) is 0 Å². The van der Waals surface area contributed by atoms with Crippen molar-refractivity contribution in [3.63, 3.8) is 0 Å². The zero-order valence-corrected chi connectivity index (χ0v) is 13.2. The van der Waals surface area contributed by atoms with E-state index in [2.05, 4.69) is 45.0 Å². The molecule has 1 atom stereocenters. The highest BCUT2D eigenvalue weighted by Crippen LogP contribution is 2.22. The largest absolute Gasteiger partial charge is 0.283 e. The van der Waals surface area contributed by atoms with Crippen molar-refractivity contribution in [2.24, 2.45) is 0 Å².